The van der Waals surface area contributed by atoms with E-state index in [0.717, 1.165) is 48.7 Å². The summed E-state index contributed by atoms with van der Waals surface area (Å²) in [5, 5.41) is 3.11. The molecule has 1 N–H and O–H groups in total. The first kappa shape index (κ1) is 16.5. The second-order valence-electron chi connectivity index (χ2n) is 7.70. The molecule has 2 fully saturated rings. The van der Waals surface area contributed by atoms with Gasteiger partial charge in [-0.1, -0.05) is 6.07 Å². The number of fused-ring (bicyclic) bond motifs is 1. The highest BCUT2D eigenvalue weighted by molar-refractivity contribution is 6.01. The van der Waals surface area contributed by atoms with Crippen LogP contribution in [0.2, 0.25) is 0 Å². The van der Waals surface area contributed by atoms with Gasteiger partial charge in [0.2, 0.25) is 12.7 Å². The van der Waals surface area contributed by atoms with Crippen LogP contribution in [-0.4, -0.2) is 25.8 Å². The van der Waals surface area contributed by atoms with Gasteiger partial charge in [-0.05, 0) is 74.1 Å². The predicted molar refractivity (Wildman–Crippen MR) is 105 cm³/mol. The maximum atomic E-state index is 13.0. The molecular weight excluding hydrogens is 340 g/mol. The molecule has 1 saturated heterocycles. The molecule has 1 amide bonds. The van der Waals surface area contributed by atoms with Crippen molar-refractivity contribution >= 4 is 17.3 Å². The molecule has 0 radical (unpaired) electrons. The summed E-state index contributed by atoms with van der Waals surface area (Å²) in [5.74, 6) is 1.55. The normalized spacial score (nSPS) is 19.6. The van der Waals surface area contributed by atoms with Gasteiger partial charge in [-0.15, -0.1) is 0 Å². The van der Waals surface area contributed by atoms with Gasteiger partial charge in [0.25, 0.3) is 0 Å². The third kappa shape index (κ3) is 3.01. The Balaban J connectivity index is 1.30. The monoisotopic (exact) mass is 364 g/mol. The number of anilines is 2. The average molecular weight is 364 g/mol. The van der Waals surface area contributed by atoms with Crippen LogP contribution in [0.1, 0.15) is 37.7 Å². The molecule has 2 aromatic carbocycles. The number of rotatable bonds is 4. The Labute approximate surface area is 159 Å². The fraction of sp³-hybridized carbons (Fsp3) is 0.409. The van der Waals surface area contributed by atoms with Gasteiger partial charge in [-0.2, -0.15) is 0 Å². The van der Waals surface area contributed by atoms with E-state index in [2.05, 4.69) is 22.3 Å². The van der Waals surface area contributed by atoms with Gasteiger partial charge in [0, 0.05) is 24.5 Å². The van der Waals surface area contributed by atoms with Crippen molar-refractivity contribution in [3.63, 3.8) is 0 Å². The molecule has 0 aromatic heterocycles. The van der Waals surface area contributed by atoms with Crippen molar-refractivity contribution in [1.29, 1.82) is 0 Å². The highest BCUT2D eigenvalue weighted by Crippen LogP contribution is 2.51. The highest BCUT2D eigenvalue weighted by Gasteiger charge is 2.51. The molecule has 1 aliphatic carbocycles. The number of carbonyl (C=O) groups is 1. The van der Waals surface area contributed by atoms with E-state index >= 15 is 0 Å². The average Bonchev–Trinajstić information content (AvgIpc) is 3.40. The van der Waals surface area contributed by atoms with Gasteiger partial charge in [0.15, 0.2) is 11.5 Å². The van der Waals surface area contributed by atoms with Crippen LogP contribution in [0.5, 0.6) is 11.5 Å². The predicted octanol–water partition coefficient (Wildman–Crippen LogP) is 4.08. The Morgan fingerprint density at radius 3 is 2.41 bits per heavy atom. The summed E-state index contributed by atoms with van der Waals surface area (Å²) < 4.78 is 10.8. The zero-order chi connectivity index (χ0) is 18.3. The maximum absolute atomic E-state index is 13.0. The number of benzene rings is 2. The number of nitrogens with one attached hydrogen (secondary N) is 1. The zero-order valence-corrected chi connectivity index (χ0v) is 15.4. The second kappa shape index (κ2) is 6.48. The molecule has 0 atom stereocenters. The van der Waals surface area contributed by atoms with E-state index in [1.165, 1.54) is 24.9 Å². The van der Waals surface area contributed by atoms with Crippen LogP contribution in [0.4, 0.5) is 11.4 Å². The molecule has 3 aliphatic rings. The van der Waals surface area contributed by atoms with Crippen LogP contribution in [0.25, 0.3) is 0 Å². The lowest BCUT2D eigenvalue weighted by Gasteiger charge is -2.29. The van der Waals surface area contributed by atoms with E-state index < -0.39 is 5.41 Å². The maximum Gasteiger partial charge on any atom is 0.235 e. The first-order valence-electron chi connectivity index (χ1n) is 9.81. The van der Waals surface area contributed by atoms with Crippen LogP contribution in [-0.2, 0) is 10.2 Å². The summed E-state index contributed by atoms with van der Waals surface area (Å²) in [6, 6.07) is 14.1. The lowest BCUT2D eigenvalue weighted by atomic mass is 9.94. The van der Waals surface area contributed by atoms with E-state index in [4.69, 9.17) is 9.47 Å². The number of piperidine rings is 1. The van der Waals surface area contributed by atoms with Crippen molar-refractivity contribution in [3.8, 4) is 11.5 Å². The molecule has 5 nitrogen and oxygen atoms in total. The van der Waals surface area contributed by atoms with Crippen molar-refractivity contribution in [2.75, 3.05) is 30.1 Å². The zero-order valence-electron chi connectivity index (χ0n) is 15.4. The molecule has 2 aromatic rings. The Kier molecular flexibility index (Phi) is 3.96. The van der Waals surface area contributed by atoms with Crippen molar-refractivity contribution < 1.29 is 14.3 Å². The highest BCUT2D eigenvalue weighted by atomic mass is 16.7. The van der Waals surface area contributed by atoms with Crippen molar-refractivity contribution in [2.45, 2.75) is 37.5 Å². The smallest absolute Gasteiger partial charge is 0.235 e. The molecule has 2 aliphatic heterocycles. The van der Waals surface area contributed by atoms with E-state index in [-0.39, 0.29) is 12.7 Å². The number of ether oxygens (including phenoxy) is 2. The van der Waals surface area contributed by atoms with Crippen molar-refractivity contribution in [2.24, 2.45) is 0 Å². The van der Waals surface area contributed by atoms with E-state index in [1.54, 1.807) is 0 Å². The second-order valence-corrected chi connectivity index (χ2v) is 7.70. The van der Waals surface area contributed by atoms with Gasteiger partial charge in [-0.3, -0.25) is 4.79 Å². The number of nitrogens with zero attached hydrogens (tertiary/aromatic N) is 1. The molecule has 1 saturated carbocycles. The largest absolute Gasteiger partial charge is 0.454 e. The van der Waals surface area contributed by atoms with Crippen LogP contribution in [0, 0.1) is 0 Å². The first-order chi connectivity index (χ1) is 13.2. The fourth-order valence-corrected chi connectivity index (χ4v) is 4.12. The van der Waals surface area contributed by atoms with E-state index in [1.807, 2.05) is 30.3 Å². The molecular formula is C22H24N2O3. The summed E-state index contributed by atoms with van der Waals surface area (Å²) in [4.78, 5) is 15.4. The molecule has 2 heterocycles. The number of amides is 1. The summed E-state index contributed by atoms with van der Waals surface area (Å²) in [5.41, 5.74) is 2.67. The lowest BCUT2D eigenvalue weighted by molar-refractivity contribution is -0.118. The minimum absolute atomic E-state index is 0.0621. The number of carbonyl (C=O) groups excluding carboxylic acids is 1. The third-order valence-corrected chi connectivity index (χ3v) is 5.96. The molecule has 140 valence electrons. The molecule has 27 heavy (non-hydrogen) atoms. The molecule has 0 spiro atoms. The SMILES string of the molecule is O=C(Nc1ccc(N2CCCCC2)cc1)C1(c2ccc3c(c2)OCO3)CC1. The van der Waals surface area contributed by atoms with Crippen molar-refractivity contribution in [3.05, 3.63) is 48.0 Å². The number of hydrogen-bond donors (Lipinski definition) is 1. The standard InChI is InChI=1S/C22H24N2O3/c25-21(22(10-11-22)16-4-9-19-20(14-16)27-15-26-19)23-17-5-7-18(8-6-17)24-12-2-1-3-13-24/h4-9,14H,1-3,10-13,15H2,(H,23,25). The van der Waals surface area contributed by atoms with Gasteiger partial charge in [-0.25, -0.2) is 0 Å². The van der Waals surface area contributed by atoms with Crippen LogP contribution in [0.3, 0.4) is 0 Å². The van der Waals surface area contributed by atoms with Crippen molar-refractivity contribution in [1.82, 2.24) is 0 Å². The number of hydrogen-bond acceptors (Lipinski definition) is 4. The van der Waals surface area contributed by atoms with Gasteiger partial charge in [0.1, 0.15) is 0 Å². The van der Waals surface area contributed by atoms with Gasteiger partial charge in [0.05, 0.1) is 5.41 Å². The summed E-state index contributed by atoms with van der Waals surface area (Å²) in [6.07, 6.45) is 5.58. The summed E-state index contributed by atoms with van der Waals surface area (Å²) >= 11 is 0. The summed E-state index contributed by atoms with van der Waals surface area (Å²) in [6.45, 7) is 2.50. The quantitative estimate of drug-likeness (QED) is 0.888. The lowest BCUT2D eigenvalue weighted by Crippen LogP contribution is -2.29. The Bertz CT molecular complexity index is 852. The van der Waals surface area contributed by atoms with E-state index in [9.17, 15) is 4.79 Å². The molecule has 0 bridgehead atoms. The molecule has 5 heteroatoms. The van der Waals surface area contributed by atoms with Crippen LogP contribution >= 0.6 is 0 Å². The first-order valence-corrected chi connectivity index (χ1v) is 9.81. The Morgan fingerprint density at radius 2 is 1.67 bits per heavy atom. The summed E-state index contributed by atoms with van der Waals surface area (Å²) in [7, 11) is 0. The topological polar surface area (TPSA) is 50.8 Å². The Morgan fingerprint density at radius 1 is 0.926 bits per heavy atom. The third-order valence-electron chi connectivity index (χ3n) is 5.96. The van der Waals surface area contributed by atoms with Gasteiger partial charge < -0.3 is 19.7 Å². The van der Waals surface area contributed by atoms with Crippen LogP contribution < -0.4 is 19.7 Å². The fourth-order valence-electron chi connectivity index (χ4n) is 4.12. The molecule has 5 rings (SSSR count). The minimum Gasteiger partial charge on any atom is -0.454 e. The van der Waals surface area contributed by atoms with Gasteiger partial charge >= 0.3 is 0 Å². The minimum atomic E-state index is -0.438. The molecule has 0 unspecified atom stereocenters. The van der Waals surface area contributed by atoms with E-state index in [0.29, 0.717) is 0 Å². The Hall–Kier alpha value is -2.69. The van der Waals surface area contributed by atoms with Crippen LogP contribution in [0.15, 0.2) is 42.5 Å².